The van der Waals surface area contributed by atoms with Crippen molar-refractivity contribution in [2.75, 3.05) is 51.8 Å². The summed E-state index contributed by atoms with van der Waals surface area (Å²) < 4.78 is 11.1. The third-order valence-electron chi connectivity index (χ3n) is 8.31. The van der Waals surface area contributed by atoms with Crippen LogP contribution >= 0.6 is 0 Å². The molecule has 0 spiro atoms. The van der Waals surface area contributed by atoms with Crippen molar-refractivity contribution in [1.82, 2.24) is 9.80 Å². The molecule has 206 valence electrons. The smallest absolute Gasteiger partial charge is 0.269 e. The number of benzene rings is 3. The summed E-state index contributed by atoms with van der Waals surface area (Å²) in [6.07, 6.45) is 0.732. The molecule has 0 aromatic heterocycles. The Morgan fingerprint density at radius 2 is 1.57 bits per heavy atom. The lowest BCUT2D eigenvalue weighted by atomic mass is 9.75. The normalized spacial score (nSPS) is 19.9. The Bertz CT molecular complexity index is 1480. The maximum absolute atomic E-state index is 14.4. The van der Waals surface area contributed by atoms with Gasteiger partial charge in [0.15, 0.2) is 11.5 Å². The number of carbonyl (C=O) groups excluding carboxylic acids is 2. The number of piperazine rings is 1. The number of methoxy groups -OCH3 is 2. The SMILES string of the molecule is COc1cc2c(cc1OC)[C@H](C(=O)N1CCN(c3ccc([N+](=O)[O-])cc3)CC1)[C@H]1c3ccccc3CCN1C2=O. The molecule has 3 aromatic rings. The summed E-state index contributed by atoms with van der Waals surface area (Å²) in [5, 5.41) is 11.0. The molecule has 10 heteroatoms. The fourth-order valence-electron chi connectivity index (χ4n) is 6.28. The molecule has 3 aliphatic heterocycles. The van der Waals surface area contributed by atoms with Crippen molar-refractivity contribution in [1.29, 1.82) is 0 Å². The highest BCUT2D eigenvalue weighted by Gasteiger charge is 2.48. The second-order valence-corrected chi connectivity index (χ2v) is 10.3. The molecular weight excluding hydrogens is 512 g/mol. The van der Waals surface area contributed by atoms with Gasteiger partial charge in [0, 0.05) is 56.1 Å². The number of rotatable bonds is 5. The van der Waals surface area contributed by atoms with E-state index in [1.807, 2.05) is 28.0 Å². The fourth-order valence-corrected chi connectivity index (χ4v) is 6.28. The van der Waals surface area contributed by atoms with Crippen molar-refractivity contribution in [3.8, 4) is 11.5 Å². The maximum atomic E-state index is 14.4. The van der Waals surface area contributed by atoms with Gasteiger partial charge in [0.25, 0.3) is 11.6 Å². The summed E-state index contributed by atoms with van der Waals surface area (Å²) in [5.41, 5.74) is 4.22. The summed E-state index contributed by atoms with van der Waals surface area (Å²) in [7, 11) is 3.08. The van der Waals surface area contributed by atoms with Crippen LogP contribution in [0.4, 0.5) is 11.4 Å². The molecular formula is C30H30N4O6. The molecule has 1 fully saturated rings. The number of carbonyl (C=O) groups is 2. The number of ether oxygens (including phenoxy) is 2. The third-order valence-corrected chi connectivity index (χ3v) is 8.31. The van der Waals surface area contributed by atoms with Crippen LogP contribution in [0.2, 0.25) is 0 Å². The van der Waals surface area contributed by atoms with E-state index in [9.17, 15) is 19.7 Å². The van der Waals surface area contributed by atoms with Crippen molar-refractivity contribution in [2.45, 2.75) is 18.4 Å². The van der Waals surface area contributed by atoms with Gasteiger partial charge in [0.05, 0.1) is 31.1 Å². The zero-order valence-corrected chi connectivity index (χ0v) is 22.4. The van der Waals surface area contributed by atoms with Gasteiger partial charge in [0.1, 0.15) is 0 Å². The first kappa shape index (κ1) is 25.7. The van der Waals surface area contributed by atoms with Gasteiger partial charge in [-0.25, -0.2) is 0 Å². The second kappa shape index (κ2) is 10.2. The van der Waals surface area contributed by atoms with Gasteiger partial charge in [-0.2, -0.15) is 0 Å². The standard InChI is InChI=1S/C30H30N4O6/c1-39-25-17-23-24(18-26(25)40-2)29(35)33-12-11-19-5-3-4-6-22(19)28(33)27(23)30(36)32-15-13-31(14-16-32)20-7-9-21(10-8-20)34(37)38/h3-10,17-18,27-28H,11-16H2,1-2H3/t27-,28+/m0/s1. The number of nitrogens with zero attached hydrogens (tertiary/aromatic N) is 4. The highest BCUT2D eigenvalue weighted by molar-refractivity contribution is 6.02. The zero-order valence-electron chi connectivity index (χ0n) is 22.4. The van der Waals surface area contributed by atoms with Crippen molar-refractivity contribution in [2.24, 2.45) is 0 Å². The van der Waals surface area contributed by atoms with E-state index in [2.05, 4.69) is 11.0 Å². The van der Waals surface area contributed by atoms with Crippen LogP contribution in [0.3, 0.4) is 0 Å². The molecule has 0 bridgehead atoms. The van der Waals surface area contributed by atoms with E-state index in [4.69, 9.17) is 9.47 Å². The molecule has 40 heavy (non-hydrogen) atoms. The minimum Gasteiger partial charge on any atom is -0.493 e. The van der Waals surface area contributed by atoms with Crippen LogP contribution in [0.5, 0.6) is 11.5 Å². The predicted octanol–water partition coefficient (Wildman–Crippen LogP) is 3.80. The first-order valence-corrected chi connectivity index (χ1v) is 13.3. The van der Waals surface area contributed by atoms with Crippen LogP contribution in [-0.2, 0) is 11.2 Å². The number of nitro groups is 1. The highest BCUT2D eigenvalue weighted by atomic mass is 16.6. The minimum atomic E-state index is -0.597. The first-order valence-electron chi connectivity index (χ1n) is 13.3. The lowest BCUT2D eigenvalue weighted by Crippen LogP contribution is -2.54. The van der Waals surface area contributed by atoms with Gasteiger partial charge in [0.2, 0.25) is 5.91 Å². The van der Waals surface area contributed by atoms with Gasteiger partial charge in [-0.05, 0) is 47.4 Å². The Labute approximate surface area is 231 Å². The van der Waals surface area contributed by atoms with Crippen LogP contribution in [0.1, 0.15) is 39.0 Å². The number of non-ortho nitro benzene ring substituents is 1. The molecule has 3 heterocycles. The molecule has 0 N–H and O–H groups in total. The Morgan fingerprint density at radius 1 is 0.900 bits per heavy atom. The van der Waals surface area contributed by atoms with Crippen LogP contribution in [-0.4, -0.2) is 73.5 Å². The van der Waals surface area contributed by atoms with Crippen molar-refractivity contribution < 1.29 is 24.0 Å². The van der Waals surface area contributed by atoms with Gasteiger partial charge >= 0.3 is 0 Å². The van der Waals surface area contributed by atoms with E-state index >= 15 is 0 Å². The molecule has 0 unspecified atom stereocenters. The van der Waals surface area contributed by atoms with Crippen LogP contribution < -0.4 is 14.4 Å². The molecule has 0 saturated carbocycles. The van der Waals surface area contributed by atoms with Gasteiger partial charge < -0.3 is 24.2 Å². The van der Waals surface area contributed by atoms with Crippen LogP contribution in [0.25, 0.3) is 0 Å². The Balaban J connectivity index is 1.34. The van der Waals surface area contributed by atoms with Gasteiger partial charge in [-0.3, -0.25) is 19.7 Å². The van der Waals surface area contributed by atoms with Gasteiger partial charge in [-0.1, -0.05) is 24.3 Å². The van der Waals surface area contributed by atoms with Crippen molar-refractivity contribution in [3.05, 3.63) is 93.0 Å². The summed E-state index contributed by atoms with van der Waals surface area (Å²) in [4.78, 5) is 44.7. The van der Waals surface area contributed by atoms with E-state index in [-0.39, 0.29) is 17.5 Å². The minimum absolute atomic E-state index is 0.0315. The van der Waals surface area contributed by atoms with E-state index in [0.29, 0.717) is 55.3 Å². The number of nitro benzene ring substituents is 1. The Kier molecular flexibility index (Phi) is 6.53. The number of amides is 2. The summed E-state index contributed by atoms with van der Waals surface area (Å²) >= 11 is 0. The summed E-state index contributed by atoms with van der Waals surface area (Å²) in [6, 6.07) is 17.6. The number of anilines is 1. The first-order chi connectivity index (χ1) is 19.4. The number of hydrogen-bond acceptors (Lipinski definition) is 7. The lowest BCUT2D eigenvalue weighted by Gasteiger charge is -2.47. The van der Waals surface area contributed by atoms with E-state index in [1.165, 1.54) is 19.2 Å². The monoisotopic (exact) mass is 542 g/mol. The van der Waals surface area contributed by atoms with Crippen molar-refractivity contribution in [3.63, 3.8) is 0 Å². The molecule has 0 radical (unpaired) electrons. The Morgan fingerprint density at radius 3 is 2.25 bits per heavy atom. The molecule has 6 rings (SSSR count). The second-order valence-electron chi connectivity index (χ2n) is 10.3. The van der Waals surface area contributed by atoms with E-state index in [1.54, 1.807) is 31.4 Å². The summed E-state index contributed by atoms with van der Waals surface area (Å²) in [5.74, 6) is 0.194. The number of hydrogen-bond donors (Lipinski definition) is 0. The Hall–Kier alpha value is -4.60. The molecule has 1 saturated heterocycles. The zero-order chi connectivity index (χ0) is 28.0. The average Bonchev–Trinajstić information content (AvgIpc) is 3.00. The topological polar surface area (TPSA) is 105 Å². The molecule has 2 amide bonds. The predicted molar refractivity (Wildman–Crippen MR) is 148 cm³/mol. The van der Waals surface area contributed by atoms with Gasteiger partial charge in [-0.15, -0.1) is 0 Å². The molecule has 3 aromatic carbocycles. The fraction of sp³-hybridized carbons (Fsp3) is 0.333. The van der Waals surface area contributed by atoms with E-state index < -0.39 is 16.9 Å². The lowest BCUT2D eigenvalue weighted by molar-refractivity contribution is -0.384. The largest absolute Gasteiger partial charge is 0.493 e. The highest BCUT2D eigenvalue weighted by Crippen LogP contribution is 2.49. The average molecular weight is 543 g/mol. The molecule has 0 aliphatic carbocycles. The number of fused-ring (bicyclic) bond motifs is 4. The third kappa shape index (κ3) is 4.20. The van der Waals surface area contributed by atoms with Crippen LogP contribution in [0, 0.1) is 10.1 Å². The quantitative estimate of drug-likeness (QED) is 0.357. The van der Waals surface area contributed by atoms with Crippen molar-refractivity contribution >= 4 is 23.2 Å². The molecule has 10 nitrogen and oxygen atoms in total. The molecule has 3 aliphatic rings. The summed E-state index contributed by atoms with van der Waals surface area (Å²) in [6.45, 7) is 2.72. The maximum Gasteiger partial charge on any atom is 0.269 e. The molecule has 2 atom stereocenters. The van der Waals surface area contributed by atoms with Crippen LogP contribution in [0.15, 0.2) is 60.7 Å². The van der Waals surface area contributed by atoms with E-state index in [0.717, 1.165) is 23.2 Å².